The zero-order chi connectivity index (χ0) is 19.5. The molecule has 0 unspecified atom stereocenters. The van der Waals surface area contributed by atoms with Crippen molar-refractivity contribution in [3.05, 3.63) is 105 Å². The lowest BCUT2D eigenvalue weighted by molar-refractivity contribution is 0.0717. The number of amides is 1. The Morgan fingerprint density at radius 3 is 2.57 bits per heavy atom. The second-order valence-electron chi connectivity index (χ2n) is 6.46. The summed E-state index contributed by atoms with van der Waals surface area (Å²) < 4.78 is 6.31. The lowest BCUT2D eigenvalue weighted by atomic mass is 10.1. The SMILES string of the molecule is O=C(c1ccccc1)N(Cc1ccco1)Cc1cc2ccc(Br)cc2[nH]c1=O. The Morgan fingerprint density at radius 1 is 1.00 bits per heavy atom. The highest BCUT2D eigenvalue weighted by Crippen LogP contribution is 2.19. The molecule has 6 heteroatoms. The second kappa shape index (κ2) is 7.86. The van der Waals surface area contributed by atoms with Gasteiger partial charge in [-0.2, -0.15) is 0 Å². The minimum Gasteiger partial charge on any atom is -0.467 e. The van der Waals surface area contributed by atoms with Gasteiger partial charge in [0.05, 0.1) is 19.4 Å². The predicted molar refractivity (Wildman–Crippen MR) is 111 cm³/mol. The Hall–Kier alpha value is -3.12. The van der Waals surface area contributed by atoms with Gasteiger partial charge in [-0.3, -0.25) is 9.59 Å². The Balaban J connectivity index is 1.70. The summed E-state index contributed by atoms with van der Waals surface area (Å²) >= 11 is 3.41. The van der Waals surface area contributed by atoms with E-state index in [0.717, 1.165) is 15.4 Å². The molecule has 0 spiro atoms. The quantitative estimate of drug-likeness (QED) is 0.491. The lowest BCUT2D eigenvalue weighted by Gasteiger charge is -2.22. The van der Waals surface area contributed by atoms with Crippen LogP contribution < -0.4 is 5.56 Å². The van der Waals surface area contributed by atoms with Crippen LogP contribution in [0.1, 0.15) is 21.7 Å². The fraction of sp³-hybridized carbons (Fsp3) is 0.0909. The summed E-state index contributed by atoms with van der Waals surface area (Å²) in [5.74, 6) is 0.498. The number of rotatable bonds is 5. The molecule has 0 saturated heterocycles. The molecular weight excluding hydrogens is 420 g/mol. The van der Waals surface area contributed by atoms with Gasteiger partial charge in [0.15, 0.2) is 0 Å². The van der Waals surface area contributed by atoms with Crippen LogP contribution in [0.3, 0.4) is 0 Å². The van der Waals surface area contributed by atoms with E-state index in [2.05, 4.69) is 20.9 Å². The highest BCUT2D eigenvalue weighted by molar-refractivity contribution is 9.10. The van der Waals surface area contributed by atoms with E-state index in [1.165, 1.54) is 0 Å². The molecule has 1 N–H and O–H groups in total. The van der Waals surface area contributed by atoms with Crippen LogP contribution in [0, 0.1) is 0 Å². The van der Waals surface area contributed by atoms with Crippen LogP contribution in [-0.4, -0.2) is 15.8 Å². The lowest BCUT2D eigenvalue weighted by Crippen LogP contribution is -2.32. The van der Waals surface area contributed by atoms with Gasteiger partial charge >= 0.3 is 0 Å². The van der Waals surface area contributed by atoms with Gasteiger partial charge in [-0.25, -0.2) is 0 Å². The Labute approximate surface area is 169 Å². The van der Waals surface area contributed by atoms with Gasteiger partial charge in [0.2, 0.25) is 0 Å². The Bertz CT molecular complexity index is 1170. The predicted octanol–water partition coefficient (Wildman–Crippen LogP) is 4.73. The minimum atomic E-state index is -0.212. The molecule has 2 aromatic carbocycles. The largest absolute Gasteiger partial charge is 0.467 e. The molecule has 0 aliphatic carbocycles. The monoisotopic (exact) mass is 436 g/mol. The zero-order valence-corrected chi connectivity index (χ0v) is 16.5. The standard InChI is InChI=1S/C22H17BrN2O3/c23-18-9-8-16-11-17(21(26)24-20(16)12-18)13-25(14-19-7-4-10-28-19)22(27)15-5-2-1-3-6-15/h1-12H,13-14H2,(H,24,26). The van der Waals surface area contributed by atoms with Crippen molar-refractivity contribution < 1.29 is 9.21 Å². The van der Waals surface area contributed by atoms with Crippen molar-refractivity contribution in [2.24, 2.45) is 0 Å². The summed E-state index contributed by atoms with van der Waals surface area (Å²) in [6, 6.07) is 20.1. The van der Waals surface area contributed by atoms with Gasteiger partial charge in [-0.15, -0.1) is 0 Å². The summed E-state index contributed by atoms with van der Waals surface area (Å²) in [7, 11) is 0. The molecule has 0 atom stereocenters. The molecule has 0 radical (unpaired) electrons. The molecule has 0 aliphatic rings. The highest BCUT2D eigenvalue weighted by atomic mass is 79.9. The van der Waals surface area contributed by atoms with E-state index < -0.39 is 0 Å². The number of benzene rings is 2. The summed E-state index contributed by atoms with van der Waals surface area (Å²) in [6.45, 7) is 0.453. The Kier molecular flexibility index (Phi) is 5.12. The number of aromatic amines is 1. The smallest absolute Gasteiger partial charge is 0.254 e. The molecule has 5 nitrogen and oxygen atoms in total. The maximum atomic E-state index is 13.1. The van der Waals surface area contributed by atoms with Crippen LogP contribution in [0.2, 0.25) is 0 Å². The number of hydrogen-bond donors (Lipinski definition) is 1. The Morgan fingerprint density at radius 2 is 1.82 bits per heavy atom. The van der Waals surface area contributed by atoms with E-state index in [1.807, 2.05) is 48.5 Å². The zero-order valence-electron chi connectivity index (χ0n) is 14.9. The number of H-pyrrole nitrogens is 1. The first-order valence-corrected chi connectivity index (χ1v) is 9.57. The molecule has 2 aromatic heterocycles. The van der Waals surface area contributed by atoms with Crippen molar-refractivity contribution >= 4 is 32.7 Å². The summed E-state index contributed by atoms with van der Waals surface area (Å²) in [4.78, 5) is 30.2. The first kappa shape index (κ1) is 18.3. The van der Waals surface area contributed by atoms with Crippen molar-refractivity contribution in [3.63, 3.8) is 0 Å². The molecule has 140 valence electrons. The average molecular weight is 437 g/mol. The van der Waals surface area contributed by atoms with Gasteiger partial charge in [0.25, 0.3) is 11.5 Å². The van der Waals surface area contributed by atoms with Gasteiger partial charge in [0, 0.05) is 21.1 Å². The molecule has 1 amide bonds. The number of furan rings is 1. The van der Waals surface area contributed by atoms with Crippen LogP contribution >= 0.6 is 15.9 Å². The topological polar surface area (TPSA) is 66.3 Å². The third-order valence-corrected chi connectivity index (χ3v) is 4.97. The third-order valence-electron chi connectivity index (χ3n) is 4.48. The molecule has 0 saturated carbocycles. The fourth-order valence-electron chi connectivity index (χ4n) is 3.10. The molecule has 0 aliphatic heterocycles. The third kappa shape index (κ3) is 3.92. The maximum absolute atomic E-state index is 13.1. The van der Waals surface area contributed by atoms with Crippen LogP contribution in [0.5, 0.6) is 0 Å². The number of halogens is 1. The second-order valence-corrected chi connectivity index (χ2v) is 7.38. The number of fused-ring (bicyclic) bond motifs is 1. The normalized spacial score (nSPS) is 10.9. The number of carbonyl (C=O) groups is 1. The molecule has 0 fully saturated rings. The summed E-state index contributed by atoms with van der Waals surface area (Å²) in [6.07, 6.45) is 1.57. The van der Waals surface area contributed by atoms with E-state index >= 15 is 0 Å². The van der Waals surface area contributed by atoms with Gasteiger partial charge in [-0.1, -0.05) is 40.2 Å². The van der Waals surface area contributed by atoms with Crippen LogP contribution in [0.4, 0.5) is 0 Å². The number of carbonyl (C=O) groups excluding carboxylic acids is 1. The van der Waals surface area contributed by atoms with E-state index in [1.54, 1.807) is 29.4 Å². The molecule has 28 heavy (non-hydrogen) atoms. The number of pyridine rings is 1. The molecule has 4 rings (SSSR count). The maximum Gasteiger partial charge on any atom is 0.254 e. The van der Waals surface area contributed by atoms with Crippen molar-refractivity contribution in [2.75, 3.05) is 0 Å². The first-order chi connectivity index (χ1) is 13.6. The van der Waals surface area contributed by atoms with Gasteiger partial charge in [-0.05, 0) is 47.9 Å². The number of aromatic nitrogens is 1. The molecular formula is C22H17BrN2O3. The van der Waals surface area contributed by atoms with Crippen molar-refractivity contribution in [1.29, 1.82) is 0 Å². The van der Waals surface area contributed by atoms with Crippen LogP contribution in [0.15, 0.2) is 86.7 Å². The number of hydrogen-bond acceptors (Lipinski definition) is 3. The molecule has 0 bridgehead atoms. The van der Waals surface area contributed by atoms with Gasteiger partial charge in [0.1, 0.15) is 5.76 Å². The van der Waals surface area contributed by atoms with Crippen molar-refractivity contribution in [1.82, 2.24) is 9.88 Å². The minimum absolute atomic E-state index is 0.160. The van der Waals surface area contributed by atoms with E-state index in [4.69, 9.17) is 4.42 Å². The van der Waals surface area contributed by atoms with Gasteiger partial charge < -0.3 is 14.3 Å². The van der Waals surface area contributed by atoms with Crippen molar-refractivity contribution in [2.45, 2.75) is 13.1 Å². The van der Waals surface area contributed by atoms with Crippen molar-refractivity contribution in [3.8, 4) is 0 Å². The highest BCUT2D eigenvalue weighted by Gasteiger charge is 2.19. The van der Waals surface area contributed by atoms with Crippen LogP contribution in [0.25, 0.3) is 10.9 Å². The molecule has 2 heterocycles. The van der Waals surface area contributed by atoms with E-state index in [-0.39, 0.29) is 24.6 Å². The van der Waals surface area contributed by atoms with E-state index in [0.29, 0.717) is 16.9 Å². The van der Waals surface area contributed by atoms with E-state index in [9.17, 15) is 9.59 Å². The van der Waals surface area contributed by atoms with Crippen LogP contribution in [-0.2, 0) is 13.1 Å². The summed E-state index contributed by atoms with van der Waals surface area (Å²) in [5.41, 5.74) is 1.62. The summed E-state index contributed by atoms with van der Waals surface area (Å²) in [5, 5.41) is 0.905. The average Bonchev–Trinajstić information content (AvgIpc) is 3.21. The number of nitrogens with one attached hydrogen (secondary N) is 1. The fourth-order valence-corrected chi connectivity index (χ4v) is 3.46. The molecule has 4 aromatic rings. The number of nitrogens with zero attached hydrogens (tertiary/aromatic N) is 1. The first-order valence-electron chi connectivity index (χ1n) is 8.78.